The van der Waals surface area contributed by atoms with Crippen LogP contribution in [0.4, 0.5) is 0 Å². The van der Waals surface area contributed by atoms with Crippen molar-refractivity contribution in [3.8, 4) is 11.1 Å². The van der Waals surface area contributed by atoms with Crippen LogP contribution in [0.2, 0.25) is 0 Å². The molecule has 1 aliphatic rings. The molecule has 23 heavy (non-hydrogen) atoms. The van der Waals surface area contributed by atoms with E-state index in [1.54, 1.807) is 0 Å². The lowest BCUT2D eigenvalue weighted by molar-refractivity contribution is 0.659. The first kappa shape index (κ1) is 16.5. The topological polar surface area (TPSA) is 0 Å². The van der Waals surface area contributed by atoms with Gasteiger partial charge in [-0.25, -0.2) is 0 Å². The highest BCUT2D eigenvalue weighted by molar-refractivity contribution is 14.1. The maximum absolute atomic E-state index is 2.41. The first-order valence-corrected chi connectivity index (χ1v) is 9.35. The lowest BCUT2D eigenvalue weighted by Gasteiger charge is -2.22. The lowest BCUT2D eigenvalue weighted by Crippen LogP contribution is -2.15. The van der Waals surface area contributed by atoms with Crippen LogP contribution in [0.5, 0.6) is 0 Å². The van der Waals surface area contributed by atoms with Gasteiger partial charge in [-0.15, -0.1) is 0 Å². The molecular formula is C22H23I. The van der Waals surface area contributed by atoms with Crippen molar-refractivity contribution in [3.05, 3.63) is 74.9 Å². The van der Waals surface area contributed by atoms with Crippen molar-refractivity contribution in [1.82, 2.24) is 0 Å². The number of allylic oxidation sites excluding steroid dienone is 4. The maximum Gasteiger partial charge on any atom is 0.0159 e. The molecule has 0 unspecified atom stereocenters. The van der Waals surface area contributed by atoms with Crippen molar-refractivity contribution in [1.29, 1.82) is 0 Å². The summed E-state index contributed by atoms with van der Waals surface area (Å²) < 4.78 is 1.31. The summed E-state index contributed by atoms with van der Waals surface area (Å²) in [5, 5.41) is 0. The number of fused-ring (bicyclic) bond motifs is 3. The van der Waals surface area contributed by atoms with Crippen LogP contribution in [-0.2, 0) is 5.41 Å². The third-order valence-electron chi connectivity index (χ3n) is 4.82. The molecule has 3 rings (SSSR count). The van der Waals surface area contributed by atoms with Crippen LogP contribution in [0.1, 0.15) is 50.8 Å². The fourth-order valence-electron chi connectivity index (χ4n) is 3.49. The second-order valence-electron chi connectivity index (χ2n) is 6.63. The fourth-order valence-corrected chi connectivity index (χ4v) is 3.98. The van der Waals surface area contributed by atoms with Gasteiger partial charge in [0, 0.05) is 8.99 Å². The summed E-state index contributed by atoms with van der Waals surface area (Å²) in [4.78, 5) is 0. The SMILES string of the molecule is C/C=C(\C=C/CC)c1ccc2c(c1)C(C)(C)c1cc(I)ccc1-2. The van der Waals surface area contributed by atoms with E-state index in [1.807, 2.05) is 0 Å². The molecule has 0 spiro atoms. The first-order chi connectivity index (χ1) is 11.0. The second-order valence-corrected chi connectivity index (χ2v) is 7.88. The van der Waals surface area contributed by atoms with E-state index in [0.29, 0.717) is 0 Å². The van der Waals surface area contributed by atoms with E-state index >= 15 is 0 Å². The van der Waals surface area contributed by atoms with Crippen LogP contribution in [0.25, 0.3) is 16.7 Å². The predicted molar refractivity (Wildman–Crippen MR) is 110 cm³/mol. The molecule has 2 aromatic rings. The van der Waals surface area contributed by atoms with Crippen molar-refractivity contribution in [2.45, 2.75) is 39.5 Å². The Morgan fingerprint density at radius 3 is 2.35 bits per heavy atom. The van der Waals surface area contributed by atoms with Crippen LogP contribution in [0, 0.1) is 3.57 Å². The smallest absolute Gasteiger partial charge is 0.0159 e. The third kappa shape index (κ3) is 2.80. The highest BCUT2D eigenvalue weighted by atomic mass is 127. The molecule has 0 amide bonds. The van der Waals surface area contributed by atoms with Crippen molar-refractivity contribution in [2.24, 2.45) is 0 Å². The zero-order valence-corrected chi connectivity index (χ0v) is 16.4. The van der Waals surface area contributed by atoms with E-state index in [-0.39, 0.29) is 5.41 Å². The monoisotopic (exact) mass is 414 g/mol. The van der Waals surface area contributed by atoms with E-state index in [0.717, 1.165) is 6.42 Å². The summed E-state index contributed by atoms with van der Waals surface area (Å²) in [6.07, 6.45) is 7.73. The van der Waals surface area contributed by atoms with Gasteiger partial charge in [0.15, 0.2) is 0 Å². The molecule has 118 valence electrons. The van der Waals surface area contributed by atoms with Crippen LogP contribution in [0.15, 0.2) is 54.6 Å². The molecular weight excluding hydrogens is 391 g/mol. The zero-order valence-electron chi connectivity index (χ0n) is 14.3. The number of rotatable bonds is 3. The minimum atomic E-state index is 0.0647. The van der Waals surface area contributed by atoms with Gasteiger partial charge in [-0.1, -0.05) is 57.2 Å². The highest BCUT2D eigenvalue weighted by Gasteiger charge is 2.35. The van der Waals surface area contributed by atoms with E-state index in [4.69, 9.17) is 0 Å². The molecule has 1 heteroatoms. The zero-order chi connectivity index (χ0) is 16.6. The van der Waals surface area contributed by atoms with Crippen molar-refractivity contribution < 1.29 is 0 Å². The Morgan fingerprint density at radius 2 is 1.70 bits per heavy atom. The molecule has 0 atom stereocenters. The van der Waals surface area contributed by atoms with Crippen molar-refractivity contribution in [3.63, 3.8) is 0 Å². The van der Waals surface area contributed by atoms with Crippen LogP contribution in [-0.4, -0.2) is 0 Å². The van der Waals surface area contributed by atoms with E-state index < -0.39 is 0 Å². The van der Waals surface area contributed by atoms with Crippen molar-refractivity contribution >= 4 is 28.2 Å². The lowest BCUT2D eigenvalue weighted by atomic mass is 9.81. The standard InChI is InChI=1S/C22H23I/c1-5-7-8-15(6-2)16-9-11-18-19-12-10-17(23)14-21(19)22(3,4)20(18)13-16/h6-14H,5H2,1-4H3/b8-7-,15-6+. The molecule has 0 aromatic heterocycles. The Bertz CT molecular complexity index is 807. The predicted octanol–water partition coefficient (Wildman–Crippen LogP) is 6.97. The summed E-state index contributed by atoms with van der Waals surface area (Å²) in [6.45, 7) is 8.97. The van der Waals surface area contributed by atoms with Crippen LogP contribution in [0.3, 0.4) is 0 Å². The second kappa shape index (κ2) is 6.27. The largest absolute Gasteiger partial charge is 0.0842 e. The van der Waals surface area contributed by atoms with Gasteiger partial charge in [-0.05, 0) is 87.5 Å². The Labute approximate surface area is 153 Å². The van der Waals surface area contributed by atoms with E-state index in [1.165, 1.54) is 37.0 Å². The summed E-state index contributed by atoms with van der Waals surface area (Å²) in [5.41, 5.74) is 8.35. The molecule has 0 aliphatic heterocycles. The van der Waals surface area contributed by atoms with Gasteiger partial charge in [0.25, 0.3) is 0 Å². The molecule has 2 aromatic carbocycles. The molecule has 0 heterocycles. The van der Waals surface area contributed by atoms with Gasteiger partial charge in [0.1, 0.15) is 0 Å². The Hall–Kier alpha value is -1.35. The van der Waals surface area contributed by atoms with Crippen LogP contribution >= 0.6 is 22.6 Å². The normalized spacial score (nSPS) is 15.8. The first-order valence-electron chi connectivity index (χ1n) is 8.27. The quantitative estimate of drug-likeness (QED) is 0.376. The number of halogens is 1. The van der Waals surface area contributed by atoms with Crippen molar-refractivity contribution in [2.75, 3.05) is 0 Å². The molecule has 1 aliphatic carbocycles. The molecule has 0 radical (unpaired) electrons. The highest BCUT2D eigenvalue weighted by Crippen LogP contribution is 2.49. The Balaban J connectivity index is 2.15. The van der Waals surface area contributed by atoms with Gasteiger partial charge in [0.2, 0.25) is 0 Å². The van der Waals surface area contributed by atoms with Gasteiger partial charge in [0.05, 0.1) is 0 Å². The molecule has 0 saturated heterocycles. The van der Waals surface area contributed by atoms with Crippen LogP contribution < -0.4 is 0 Å². The minimum absolute atomic E-state index is 0.0647. The number of hydrogen-bond donors (Lipinski definition) is 0. The summed E-state index contributed by atoms with van der Waals surface area (Å²) in [6, 6.07) is 13.8. The average Bonchev–Trinajstić information content (AvgIpc) is 2.76. The Morgan fingerprint density at radius 1 is 1.04 bits per heavy atom. The van der Waals surface area contributed by atoms with Gasteiger partial charge in [-0.2, -0.15) is 0 Å². The molecule has 0 bridgehead atoms. The third-order valence-corrected chi connectivity index (χ3v) is 5.49. The average molecular weight is 414 g/mol. The summed E-state index contributed by atoms with van der Waals surface area (Å²) in [5.74, 6) is 0. The van der Waals surface area contributed by atoms with Gasteiger partial charge < -0.3 is 0 Å². The van der Waals surface area contributed by atoms with Gasteiger partial charge in [-0.3, -0.25) is 0 Å². The summed E-state index contributed by atoms with van der Waals surface area (Å²) in [7, 11) is 0. The molecule has 0 fully saturated rings. The number of benzene rings is 2. The fraction of sp³-hybridized carbons (Fsp3) is 0.273. The molecule has 0 nitrogen and oxygen atoms in total. The van der Waals surface area contributed by atoms with E-state index in [9.17, 15) is 0 Å². The molecule has 0 N–H and O–H groups in total. The molecule has 0 saturated carbocycles. The summed E-state index contributed by atoms with van der Waals surface area (Å²) >= 11 is 2.41. The Kier molecular flexibility index (Phi) is 4.50. The van der Waals surface area contributed by atoms with E-state index in [2.05, 4.69) is 105 Å². The number of hydrogen-bond acceptors (Lipinski definition) is 0. The minimum Gasteiger partial charge on any atom is -0.0842 e. The van der Waals surface area contributed by atoms with Gasteiger partial charge >= 0.3 is 0 Å². The maximum atomic E-state index is 2.41.